The molecule has 1 saturated heterocycles. The van der Waals surface area contributed by atoms with Crippen molar-refractivity contribution in [2.75, 3.05) is 6.54 Å². The molecule has 1 aliphatic heterocycles. The predicted molar refractivity (Wildman–Crippen MR) is 132 cm³/mol. The molecule has 1 amide bonds. The first-order valence-electron chi connectivity index (χ1n) is 8.87. The monoisotopic (exact) mass is 573 g/mol. The van der Waals surface area contributed by atoms with Gasteiger partial charge in [-0.15, -0.1) is 0 Å². The summed E-state index contributed by atoms with van der Waals surface area (Å²) in [6.07, 6.45) is 1.85. The standard InChI is InChI=1S/C21H18Br2ClNO2S2/c1-12(2)10-25-20(26)18(29-21(25)28)9-13-7-15(22)19(16(23)8-13)27-11-14-5-3-4-6-17(14)24/h3-9,12H,10-11H2,1-2H3/b18-9-. The van der Waals surface area contributed by atoms with Crippen molar-refractivity contribution in [3.8, 4) is 5.75 Å². The maximum atomic E-state index is 12.7. The Kier molecular flexibility index (Phi) is 7.84. The van der Waals surface area contributed by atoms with Gasteiger partial charge in [0.2, 0.25) is 0 Å². The minimum Gasteiger partial charge on any atom is -0.486 e. The summed E-state index contributed by atoms with van der Waals surface area (Å²) in [5.74, 6) is 0.990. The summed E-state index contributed by atoms with van der Waals surface area (Å²) in [5.41, 5.74) is 1.78. The summed E-state index contributed by atoms with van der Waals surface area (Å²) in [6.45, 7) is 5.12. The Morgan fingerprint density at radius 2 is 1.90 bits per heavy atom. The number of hydrogen-bond donors (Lipinski definition) is 0. The van der Waals surface area contributed by atoms with Crippen LogP contribution in [0.25, 0.3) is 6.08 Å². The van der Waals surface area contributed by atoms with E-state index in [0.717, 1.165) is 20.1 Å². The zero-order valence-corrected chi connectivity index (χ0v) is 21.3. The minimum absolute atomic E-state index is 0.0417. The highest BCUT2D eigenvalue weighted by atomic mass is 79.9. The second kappa shape index (κ2) is 9.96. The van der Waals surface area contributed by atoms with Gasteiger partial charge in [0.15, 0.2) is 0 Å². The molecule has 3 rings (SSSR count). The highest BCUT2D eigenvalue weighted by Gasteiger charge is 2.32. The van der Waals surface area contributed by atoms with E-state index in [1.807, 2.05) is 42.5 Å². The molecular weight excluding hydrogens is 558 g/mol. The molecule has 29 heavy (non-hydrogen) atoms. The molecule has 0 aromatic heterocycles. The largest absolute Gasteiger partial charge is 0.486 e. The third kappa shape index (κ3) is 5.64. The van der Waals surface area contributed by atoms with Gasteiger partial charge >= 0.3 is 0 Å². The smallest absolute Gasteiger partial charge is 0.266 e. The van der Waals surface area contributed by atoms with Crippen LogP contribution in [0.3, 0.4) is 0 Å². The number of thiocarbonyl (C=S) groups is 1. The van der Waals surface area contributed by atoms with Crippen LogP contribution in [0.5, 0.6) is 5.75 Å². The summed E-state index contributed by atoms with van der Waals surface area (Å²) in [4.78, 5) is 15.0. The summed E-state index contributed by atoms with van der Waals surface area (Å²) in [5, 5.41) is 0.666. The normalized spacial score (nSPS) is 15.7. The van der Waals surface area contributed by atoms with Crippen molar-refractivity contribution in [2.45, 2.75) is 20.5 Å². The molecule has 1 heterocycles. The lowest BCUT2D eigenvalue weighted by atomic mass is 10.2. The first-order chi connectivity index (χ1) is 13.8. The van der Waals surface area contributed by atoms with E-state index < -0.39 is 0 Å². The zero-order valence-electron chi connectivity index (χ0n) is 15.7. The van der Waals surface area contributed by atoms with Crippen LogP contribution in [-0.4, -0.2) is 21.7 Å². The van der Waals surface area contributed by atoms with Gasteiger partial charge in [0.25, 0.3) is 5.91 Å². The molecule has 0 aliphatic carbocycles. The Hall–Kier alpha value is -0.860. The van der Waals surface area contributed by atoms with Gasteiger partial charge in [0, 0.05) is 17.1 Å². The second-order valence-electron chi connectivity index (χ2n) is 6.88. The number of carbonyl (C=O) groups excluding carboxylic acids is 1. The van der Waals surface area contributed by atoms with Crippen LogP contribution in [0, 0.1) is 5.92 Å². The molecule has 8 heteroatoms. The number of benzene rings is 2. The van der Waals surface area contributed by atoms with Crippen molar-refractivity contribution < 1.29 is 9.53 Å². The van der Waals surface area contributed by atoms with E-state index in [4.69, 9.17) is 28.6 Å². The van der Waals surface area contributed by atoms with Gasteiger partial charge in [0.05, 0.1) is 13.9 Å². The van der Waals surface area contributed by atoms with Gasteiger partial charge in [0.1, 0.15) is 16.7 Å². The van der Waals surface area contributed by atoms with Crippen LogP contribution in [-0.2, 0) is 11.4 Å². The van der Waals surface area contributed by atoms with Gasteiger partial charge in [-0.3, -0.25) is 9.69 Å². The van der Waals surface area contributed by atoms with Crippen molar-refractivity contribution in [3.63, 3.8) is 0 Å². The van der Waals surface area contributed by atoms with Crippen LogP contribution in [0.4, 0.5) is 0 Å². The number of ether oxygens (including phenoxy) is 1. The number of rotatable bonds is 6. The third-order valence-electron chi connectivity index (χ3n) is 4.07. The molecule has 0 radical (unpaired) electrons. The van der Waals surface area contributed by atoms with Gasteiger partial charge in [-0.2, -0.15) is 0 Å². The molecule has 0 saturated carbocycles. The lowest BCUT2D eigenvalue weighted by Gasteiger charge is -2.16. The Morgan fingerprint density at radius 1 is 1.24 bits per heavy atom. The van der Waals surface area contributed by atoms with Crippen molar-refractivity contribution in [1.29, 1.82) is 0 Å². The van der Waals surface area contributed by atoms with Gasteiger partial charge in [-0.1, -0.05) is 67.6 Å². The fourth-order valence-electron chi connectivity index (χ4n) is 2.74. The van der Waals surface area contributed by atoms with E-state index in [2.05, 4.69) is 45.7 Å². The van der Waals surface area contributed by atoms with E-state index in [1.54, 1.807) is 4.90 Å². The Morgan fingerprint density at radius 3 is 2.52 bits per heavy atom. The number of nitrogens with zero attached hydrogens (tertiary/aromatic N) is 1. The molecule has 1 aliphatic rings. The van der Waals surface area contributed by atoms with Crippen molar-refractivity contribution >= 4 is 83.7 Å². The molecule has 0 unspecified atom stereocenters. The molecule has 0 atom stereocenters. The molecule has 2 aromatic rings. The summed E-state index contributed by atoms with van der Waals surface area (Å²) >= 11 is 20.0. The lowest BCUT2D eigenvalue weighted by molar-refractivity contribution is -0.122. The lowest BCUT2D eigenvalue weighted by Crippen LogP contribution is -2.31. The topological polar surface area (TPSA) is 29.5 Å². The van der Waals surface area contributed by atoms with Gasteiger partial charge < -0.3 is 4.74 Å². The van der Waals surface area contributed by atoms with E-state index >= 15 is 0 Å². The first-order valence-corrected chi connectivity index (χ1v) is 12.1. The SMILES string of the molecule is CC(C)CN1C(=O)/C(=C/c2cc(Br)c(OCc3ccccc3Cl)c(Br)c2)SC1=S. The zero-order chi connectivity index (χ0) is 21.1. The van der Waals surface area contributed by atoms with E-state index in [9.17, 15) is 4.79 Å². The molecule has 2 aromatic carbocycles. The van der Waals surface area contributed by atoms with Crippen LogP contribution >= 0.6 is 67.4 Å². The second-order valence-corrected chi connectivity index (χ2v) is 10.7. The molecule has 0 N–H and O–H groups in total. The van der Waals surface area contributed by atoms with Gasteiger partial charge in [-0.25, -0.2) is 0 Å². The number of carbonyl (C=O) groups is 1. The molecule has 0 spiro atoms. The highest BCUT2D eigenvalue weighted by molar-refractivity contribution is 9.11. The fraction of sp³-hybridized carbons (Fsp3) is 0.238. The molecular formula is C21H18Br2ClNO2S2. The Balaban J connectivity index is 1.79. The Labute approximate surface area is 202 Å². The van der Waals surface area contributed by atoms with Crippen LogP contribution < -0.4 is 4.74 Å². The van der Waals surface area contributed by atoms with Crippen molar-refractivity contribution in [2.24, 2.45) is 5.92 Å². The van der Waals surface area contributed by atoms with E-state index in [0.29, 0.717) is 39.1 Å². The summed E-state index contributed by atoms with van der Waals surface area (Å²) in [6, 6.07) is 11.4. The molecule has 0 bridgehead atoms. The van der Waals surface area contributed by atoms with E-state index in [1.165, 1.54) is 11.8 Å². The average Bonchev–Trinajstić information content (AvgIpc) is 2.89. The van der Waals surface area contributed by atoms with Crippen LogP contribution in [0.1, 0.15) is 25.0 Å². The molecule has 3 nitrogen and oxygen atoms in total. The predicted octanol–water partition coefficient (Wildman–Crippen LogP) is 7.30. The van der Waals surface area contributed by atoms with E-state index in [-0.39, 0.29) is 5.91 Å². The molecule has 152 valence electrons. The third-order valence-corrected chi connectivity index (χ3v) is 6.99. The number of halogens is 3. The number of hydrogen-bond acceptors (Lipinski definition) is 4. The summed E-state index contributed by atoms with van der Waals surface area (Å²) < 4.78 is 8.12. The maximum Gasteiger partial charge on any atom is 0.266 e. The summed E-state index contributed by atoms with van der Waals surface area (Å²) in [7, 11) is 0. The molecule has 1 fully saturated rings. The van der Waals surface area contributed by atoms with Crippen LogP contribution in [0.2, 0.25) is 5.02 Å². The highest BCUT2D eigenvalue weighted by Crippen LogP contribution is 2.38. The van der Waals surface area contributed by atoms with Crippen LogP contribution in [0.15, 0.2) is 50.2 Å². The van der Waals surface area contributed by atoms with Crippen molar-refractivity contribution in [1.82, 2.24) is 4.90 Å². The van der Waals surface area contributed by atoms with Gasteiger partial charge in [-0.05, 0) is 67.6 Å². The fourth-order valence-corrected chi connectivity index (χ4v) is 5.66. The maximum absolute atomic E-state index is 12.7. The Bertz CT molecular complexity index is 971. The number of amides is 1. The first kappa shape index (κ1) is 22.8. The average molecular weight is 576 g/mol. The number of thioether (sulfide) groups is 1. The quantitative estimate of drug-likeness (QED) is 0.267. The minimum atomic E-state index is -0.0417. The van der Waals surface area contributed by atoms with Crippen molar-refractivity contribution in [3.05, 3.63) is 66.4 Å².